The summed E-state index contributed by atoms with van der Waals surface area (Å²) in [6, 6.07) is 13.8. The van der Waals surface area contributed by atoms with Crippen LogP contribution in [0.5, 0.6) is 17.2 Å². The number of nitrogens with zero attached hydrogens (tertiary/aromatic N) is 2. The van der Waals surface area contributed by atoms with Gasteiger partial charge < -0.3 is 29.7 Å². The number of phenols is 1. The Kier molecular flexibility index (Phi) is 9.58. The lowest BCUT2D eigenvalue weighted by molar-refractivity contribution is -0.138. The summed E-state index contributed by atoms with van der Waals surface area (Å²) in [6.45, 7) is 8.48. The van der Waals surface area contributed by atoms with Gasteiger partial charge >= 0.3 is 5.97 Å². The molecule has 1 fully saturated rings. The normalized spacial score (nSPS) is 17.3. The van der Waals surface area contributed by atoms with Crippen LogP contribution in [-0.2, 0) is 24.4 Å². The van der Waals surface area contributed by atoms with Crippen LogP contribution >= 0.6 is 11.6 Å². The molecule has 9 heteroatoms. The summed E-state index contributed by atoms with van der Waals surface area (Å²) < 4.78 is 12.3. The Bertz CT molecular complexity index is 1440. The minimum atomic E-state index is -0.897. The molecule has 0 amide bonds. The monoisotopic (exact) mass is 594 g/mol. The molecule has 0 radical (unpaired) electrons. The van der Waals surface area contributed by atoms with Crippen molar-refractivity contribution in [2.24, 2.45) is 0 Å². The van der Waals surface area contributed by atoms with E-state index in [2.05, 4.69) is 30.9 Å². The summed E-state index contributed by atoms with van der Waals surface area (Å²) in [6.07, 6.45) is 2.10. The number of β-amino-alcohol motifs (C(OH)–C–C–N with tert-alkyl or cyclic N) is 1. The third-order valence-corrected chi connectivity index (χ3v) is 8.78. The molecular formula is C33H39ClN2O6. The molecule has 3 N–H and O–H groups in total. The number of halogens is 1. The number of ether oxygens (including phenoxy) is 2. The van der Waals surface area contributed by atoms with Gasteiger partial charge in [-0.05, 0) is 72.6 Å². The zero-order valence-electron chi connectivity index (χ0n) is 24.2. The fourth-order valence-electron chi connectivity index (χ4n) is 5.99. The Balaban J connectivity index is 1.26. The molecule has 3 aromatic rings. The molecule has 5 rings (SSSR count). The first kappa shape index (κ1) is 30.2. The molecule has 0 bridgehead atoms. The number of benzene rings is 3. The molecule has 3 aromatic carbocycles. The quantitative estimate of drug-likeness (QED) is 0.261. The summed E-state index contributed by atoms with van der Waals surface area (Å²) in [4.78, 5) is 15.2. The van der Waals surface area contributed by atoms with Crippen molar-refractivity contribution in [1.82, 2.24) is 9.80 Å². The highest BCUT2D eigenvalue weighted by Gasteiger charge is 2.25. The van der Waals surface area contributed by atoms with Crippen molar-refractivity contribution in [1.29, 1.82) is 0 Å². The lowest BCUT2D eigenvalue weighted by atomic mass is 9.93. The van der Waals surface area contributed by atoms with Gasteiger partial charge in [0, 0.05) is 44.4 Å². The molecule has 1 atom stereocenters. The van der Waals surface area contributed by atoms with E-state index in [0.717, 1.165) is 71.6 Å². The van der Waals surface area contributed by atoms with Crippen LogP contribution in [0.3, 0.4) is 0 Å². The standard InChI is InChI=1S/C33H39ClN2O6/c1-21-23(20-42-31-16-29(38)28-18-36(19-32(39)40)14-11-27(28)33(31)34)6-3-7-25(21)26-8-4-9-30(22(26)2)41-15-5-12-35-13-10-24(37)17-35/h3-4,6-9,16,24,37-38H,5,10-15,17-20H2,1-2H3,(H,39,40)/t24-/m1/s1. The summed E-state index contributed by atoms with van der Waals surface area (Å²) >= 11 is 6.72. The highest BCUT2D eigenvalue weighted by Crippen LogP contribution is 2.40. The Morgan fingerprint density at radius 3 is 2.50 bits per heavy atom. The number of fused-ring (bicyclic) bond motifs is 1. The first-order chi connectivity index (χ1) is 20.2. The number of hydrogen-bond donors (Lipinski definition) is 3. The molecule has 2 aliphatic rings. The first-order valence-corrected chi connectivity index (χ1v) is 14.9. The van der Waals surface area contributed by atoms with E-state index in [1.54, 1.807) is 4.90 Å². The molecule has 2 aliphatic heterocycles. The highest BCUT2D eigenvalue weighted by molar-refractivity contribution is 6.33. The van der Waals surface area contributed by atoms with Crippen molar-refractivity contribution in [3.8, 4) is 28.4 Å². The number of carbonyl (C=O) groups is 1. The number of aliphatic hydroxyl groups excluding tert-OH is 1. The predicted octanol–water partition coefficient (Wildman–Crippen LogP) is 5.19. The molecule has 0 saturated carbocycles. The summed E-state index contributed by atoms with van der Waals surface area (Å²) in [5, 5.41) is 30.0. The van der Waals surface area contributed by atoms with Crippen LogP contribution < -0.4 is 9.47 Å². The van der Waals surface area contributed by atoms with Crippen LogP contribution in [0, 0.1) is 13.8 Å². The molecule has 0 unspecified atom stereocenters. The van der Waals surface area contributed by atoms with E-state index < -0.39 is 5.97 Å². The Labute approximate surface area is 252 Å². The van der Waals surface area contributed by atoms with Crippen molar-refractivity contribution in [3.05, 3.63) is 75.3 Å². The smallest absolute Gasteiger partial charge is 0.317 e. The molecular weight excluding hydrogens is 556 g/mol. The molecule has 42 heavy (non-hydrogen) atoms. The second kappa shape index (κ2) is 13.3. The number of likely N-dealkylation sites (tertiary alicyclic amines) is 1. The summed E-state index contributed by atoms with van der Waals surface area (Å²) in [5.41, 5.74) is 6.84. The third kappa shape index (κ3) is 6.84. The van der Waals surface area contributed by atoms with E-state index >= 15 is 0 Å². The van der Waals surface area contributed by atoms with Gasteiger partial charge in [-0.1, -0.05) is 41.9 Å². The van der Waals surface area contributed by atoms with Crippen molar-refractivity contribution >= 4 is 17.6 Å². The first-order valence-electron chi connectivity index (χ1n) is 14.5. The van der Waals surface area contributed by atoms with Crippen LogP contribution in [0.25, 0.3) is 11.1 Å². The van der Waals surface area contributed by atoms with Gasteiger partial charge in [0.1, 0.15) is 23.9 Å². The maximum absolute atomic E-state index is 11.1. The number of carboxylic acids is 1. The van der Waals surface area contributed by atoms with Gasteiger partial charge in [-0.25, -0.2) is 0 Å². The van der Waals surface area contributed by atoms with Gasteiger partial charge in [0.15, 0.2) is 0 Å². The lowest BCUT2D eigenvalue weighted by Gasteiger charge is -2.29. The fourth-order valence-corrected chi connectivity index (χ4v) is 6.30. The van der Waals surface area contributed by atoms with Gasteiger partial charge in [-0.15, -0.1) is 0 Å². The van der Waals surface area contributed by atoms with Gasteiger partial charge in [0.05, 0.1) is 24.3 Å². The number of aromatic hydroxyl groups is 1. The number of aliphatic carboxylic acids is 1. The van der Waals surface area contributed by atoms with E-state index in [-0.39, 0.29) is 25.0 Å². The maximum Gasteiger partial charge on any atom is 0.317 e. The molecule has 0 aliphatic carbocycles. The Morgan fingerprint density at radius 1 is 1.00 bits per heavy atom. The molecule has 2 heterocycles. The van der Waals surface area contributed by atoms with Crippen LogP contribution in [0.1, 0.15) is 40.7 Å². The molecule has 224 valence electrons. The van der Waals surface area contributed by atoms with Crippen LogP contribution in [0.4, 0.5) is 0 Å². The Morgan fingerprint density at radius 2 is 1.76 bits per heavy atom. The number of hydrogen-bond acceptors (Lipinski definition) is 7. The average Bonchev–Trinajstić information content (AvgIpc) is 3.38. The van der Waals surface area contributed by atoms with Crippen molar-refractivity contribution < 1.29 is 29.6 Å². The molecule has 0 aromatic heterocycles. The van der Waals surface area contributed by atoms with Gasteiger partial charge in [0.2, 0.25) is 0 Å². The van der Waals surface area contributed by atoms with Crippen LogP contribution in [0.15, 0.2) is 42.5 Å². The fraction of sp³-hybridized carbons (Fsp3) is 0.424. The average molecular weight is 595 g/mol. The second-order valence-corrected chi connectivity index (χ2v) is 11.6. The van der Waals surface area contributed by atoms with Gasteiger partial charge in [-0.3, -0.25) is 9.69 Å². The van der Waals surface area contributed by atoms with E-state index in [0.29, 0.717) is 42.5 Å². The van der Waals surface area contributed by atoms with E-state index in [4.69, 9.17) is 26.2 Å². The largest absolute Gasteiger partial charge is 0.507 e. The minimum Gasteiger partial charge on any atom is -0.507 e. The van der Waals surface area contributed by atoms with Crippen molar-refractivity contribution in [2.45, 2.75) is 52.4 Å². The molecule has 8 nitrogen and oxygen atoms in total. The van der Waals surface area contributed by atoms with Crippen LogP contribution in [0.2, 0.25) is 5.02 Å². The molecule has 1 saturated heterocycles. The topological polar surface area (TPSA) is 103 Å². The number of rotatable bonds is 11. The molecule has 0 spiro atoms. The summed E-state index contributed by atoms with van der Waals surface area (Å²) in [7, 11) is 0. The summed E-state index contributed by atoms with van der Waals surface area (Å²) in [5.74, 6) is 0.453. The number of aliphatic hydroxyl groups is 1. The zero-order valence-corrected chi connectivity index (χ0v) is 25.0. The van der Waals surface area contributed by atoms with Gasteiger partial charge in [-0.2, -0.15) is 0 Å². The number of phenolic OH excluding ortho intramolecular Hbond substituents is 1. The van der Waals surface area contributed by atoms with E-state index in [1.807, 2.05) is 24.3 Å². The minimum absolute atomic E-state index is 0.0652. The van der Waals surface area contributed by atoms with E-state index in [1.165, 1.54) is 6.07 Å². The zero-order chi connectivity index (χ0) is 29.8. The Hall–Kier alpha value is -3.30. The second-order valence-electron chi connectivity index (χ2n) is 11.3. The number of carboxylic acid groups (broad SMARTS) is 1. The van der Waals surface area contributed by atoms with E-state index in [9.17, 15) is 15.0 Å². The van der Waals surface area contributed by atoms with Crippen molar-refractivity contribution in [2.75, 3.05) is 39.3 Å². The highest BCUT2D eigenvalue weighted by atomic mass is 35.5. The lowest BCUT2D eigenvalue weighted by Crippen LogP contribution is -2.35. The SMILES string of the molecule is Cc1c(COc2cc(O)c3c(c2Cl)CCN(CC(=O)O)C3)cccc1-c1cccc(OCCCN2CC[C@@H](O)C2)c1C. The van der Waals surface area contributed by atoms with Gasteiger partial charge in [0.25, 0.3) is 0 Å². The van der Waals surface area contributed by atoms with Crippen molar-refractivity contribution in [3.63, 3.8) is 0 Å². The van der Waals surface area contributed by atoms with Crippen LogP contribution in [-0.4, -0.2) is 76.5 Å². The third-order valence-electron chi connectivity index (χ3n) is 8.37. The maximum atomic E-state index is 11.1. The predicted molar refractivity (Wildman–Crippen MR) is 163 cm³/mol.